The number of hydrogen-bond acceptors (Lipinski definition) is 3. The molecule has 1 atom stereocenters. The highest BCUT2D eigenvalue weighted by Gasteiger charge is 2.12. The van der Waals surface area contributed by atoms with Crippen LogP contribution in [0.15, 0.2) is 42.0 Å². The van der Waals surface area contributed by atoms with Crippen molar-refractivity contribution in [3.8, 4) is 0 Å². The Balaban J connectivity index is 2.58. The summed E-state index contributed by atoms with van der Waals surface area (Å²) in [7, 11) is 0. The Bertz CT molecular complexity index is 437. The van der Waals surface area contributed by atoms with Crippen molar-refractivity contribution in [1.29, 1.82) is 0 Å². The molecular weight excluding hydrogens is 264 g/mol. The van der Waals surface area contributed by atoms with Gasteiger partial charge in [0.2, 0.25) is 0 Å². The molecule has 116 valence electrons. The first-order valence-corrected chi connectivity index (χ1v) is 7.70. The quantitative estimate of drug-likeness (QED) is 0.503. The molecule has 0 aliphatic rings. The molecule has 0 N–H and O–H groups in total. The second-order valence-electron chi connectivity index (χ2n) is 5.02. The molecule has 0 spiro atoms. The predicted octanol–water partition coefficient (Wildman–Crippen LogP) is 4.27. The average molecular weight is 290 g/mol. The molecule has 0 heterocycles. The van der Waals surface area contributed by atoms with E-state index in [0.29, 0.717) is 13.2 Å². The summed E-state index contributed by atoms with van der Waals surface area (Å²) < 4.78 is 10.9. The lowest BCUT2D eigenvalue weighted by molar-refractivity contribution is -0.138. The van der Waals surface area contributed by atoms with Crippen molar-refractivity contribution < 1.29 is 14.3 Å². The molecule has 0 fully saturated rings. The van der Waals surface area contributed by atoms with Gasteiger partial charge in [-0.05, 0) is 38.3 Å². The normalized spacial score (nSPS) is 13.0. The van der Waals surface area contributed by atoms with Crippen LogP contribution >= 0.6 is 0 Å². The zero-order valence-corrected chi connectivity index (χ0v) is 13.3. The van der Waals surface area contributed by atoms with Crippen molar-refractivity contribution in [3.63, 3.8) is 0 Å². The van der Waals surface area contributed by atoms with Gasteiger partial charge in [-0.1, -0.05) is 43.7 Å². The highest BCUT2D eigenvalue weighted by Crippen LogP contribution is 2.13. The van der Waals surface area contributed by atoms with Crippen LogP contribution in [0.1, 0.15) is 45.6 Å². The zero-order chi connectivity index (χ0) is 15.5. The minimum absolute atomic E-state index is 0.110. The molecule has 1 unspecified atom stereocenters. The van der Waals surface area contributed by atoms with Gasteiger partial charge in [-0.3, -0.25) is 0 Å². The Labute approximate surface area is 128 Å². The fraction of sp³-hybridized carbons (Fsp3) is 0.500. The van der Waals surface area contributed by atoms with Crippen molar-refractivity contribution in [1.82, 2.24) is 0 Å². The first kappa shape index (κ1) is 17.4. The minimum atomic E-state index is -0.221. The second kappa shape index (κ2) is 10.2. The molecule has 0 aliphatic carbocycles. The number of hydrogen-bond donors (Lipinski definition) is 0. The van der Waals surface area contributed by atoms with Gasteiger partial charge >= 0.3 is 5.97 Å². The maximum absolute atomic E-state index is 11.9. The molecule has 0 aliphatic heterocycles. The number of carbonyl (C=O) groups is 1. The number of esters is 1. The van der Waals surface area contributed by atoms with Gasteiger partial charge in [-0.25, -0.2) is 4.79 Å². The van der Waals surface area contributed by atoms with E-state index >= 15 is 0 Å². The molecule has 0 radical (unpaired) electrons. The van der Waals surface area contributed by atoms with Crippen LogP contribution in [0, 0.1) is 0 Å². The first-order chi connectivity index (χ1) is 10.2. The maximum Gasteiger partial charge on any atom is 0.333 e. The first-order valence-electron chi connectivity index (χ1n) is 7.70. The Morgan fingerprint density at radius 2 is 1.95 bits per heavy atom. The zero-order valence-electron chi connectivity index (χ0n) is 13.3. The SMILES string of the molecule is CCCC/C(=C/C(C)OCc1ccccc1)C(=O)OCC. The summed E-state index contributed by atoms with van der Waals surface area (Å²) in [6.45, 7) is 6.83. The van der Waals surface area contributed by atoms with E-state index in [4.69, 9.17) is 9.47 Å². The van der Waals surface area contributed by atoms with Crippen LogP contribution in [0.4, 0.5) is 0 Å². The van der Waals surface area contributed by atoms with Crippen molar-refractivity contribution >= 4 is 5.97 Å². The van der Waals surface area contributed by atoms with Crippen molar-refractivity contribution in [2.75, 3.05) is 6.61 Å². The summed E-state index contributed by atoms with van der Waals surface area (Å²) in [5, 5.41) is 0. The van der Waals surface area contributed by atoms with Gasteiger partial charge in [0.25, 0.3) is 0 Å². The molecule has 21 heavy (non-hydrogen) atoms. The predicted molar refractivity (Wildman–Crippen MR) is 84.9 cm³/mol. The standard InChI is InChI=1S/C18H26O3/c1-4-6-12-17(18(19)20-5-2)13-15(3)21-14-16-10-8-7-9-11-16/h7-11,13,15H,4-6,12,14H2,1-3H3/b17-13-. The molecule has 0 amide bonds. The monoisotopic (exact) mass is 290 g/mol. The van der Waals surface area contributed by atoms with Gasteiger partial charge in [0.15, 0.2) is 0 Å². The highest BCUT2D eigenvalue weighted by atomic mass is 16.5. The highest BCUT2D eigenvalue weighted by molar-refractivity contribution is 5.88. The van der Waals surface area contributed by atoms with E-state index in [1.54, 1.807) is 0 Å². The molecule has 0 saturated heterocycles. The van der Waals surface area contributed by atoms with Gasteiger partial charge in [0.05, 0.1) is 19.3 Å². The number of benzene rings is 1. The van der Waals surface area contributed by atoms with Crippen LogP contribution in [0.3, 0.4) is 0 Å². The number of carbonyl (C=O) groups excluding carboxylic acids is 1. The third-order valence-electron chi connectivity index (χ3n) is 3.13. The van der Waals surface area contributed by atoms with Crippen LogP contribution in [0.25, 0.3) is 0 Å². The van der Waals surface area contributed by atoms with E-state index < -0.39 is 0 Å². The summed E-state index contributed by atoms with van der Waals surface area (Å²) in [4.78, 5) is 11.9. The van der Waals surface area contributed by atoms with Crippen molar-refractivity contribution in [2.24, 2.45) is 0 Å². The van der Waals surface area contributed by atoms with E-state index in [1.165, 1.54) is 0 Å². The Morgan fingerprint density at radius 3 is 2.57 bits per heavy atom. The summed E-state index contributed by atoms with van der Waals surface area (Å²) in [6.07, 6.45) is 4.55. The van der Waals surface area contributed by atoms with E-state index in [9.17, 15) is 4.79 Å². The van der Waals surface area contributed by atoms with E-state index in [2.05, 4.69) is 6.92 Å². The lowest BCUT2D eigenvalue weighted by Gasteiger charge is -2.12. The molecule has 0 bridgehead atoms. The molecule has 0 saturated carbocycles. The van der Waals surface area contributed by atoms with Gasteiger partial charge in [0, 0.05) is 5.57 Å². The number of rotatable bonds is 9. The minimum Gasteiger partial charge on any atom is -0.463 e. The number of unbranched alkanes of at least 4 members (excludes halogenated alkanes) is 1. The molecule has 3 heteroatoms. The Hall–Kier alpha value is -1.61. The molecule has 1 aromatic rings. The largest absolute Gasteiger partial charge is 0.463 e. The summed E-state index contributed by atoms with van der Waals surface area (Å²) in [5.41, 5.74) is 1.85. The maximum atomic E-state index is 11.9. The molecular formula is C18H26O3. The van der Waals surface area contributed by atoms with E-state index in [0.717, 1.165) is 30.4 Å². The van der Waals surface area contributed by atoms with Crippen LogP contribution in [0.2, 0.25) is 0 Å². The number of ether oxygens (including phenoxy) is 2. The summed E-state index contributed by atoms with van der Waals surface area (Å²) in [5.74, 6) is -0.221. The van der Waals surface area contributed by atoms with Gasteiger partial charge in [-0.15, -0.1) is 0 Å². The fourth-order valence-corrected chi connectivity index (χ4v) is 1.98. The second-order valence-corrected chi connectivity index (χ2v) is 5.02. The third-order valence-corrected chi connectivity index (χ3v) is 3.13. The summed E-state index contributed by atoms with van der Waals surface area (Å²) >= 11 is 0. The van der Waals surface area contributed by atoms with Crippen LogP contribution in [-0.2, 0) is 20.9 Å². The molecule has 3 nitrogen and oxygen atoms in total. The lowest BCUT2D eigenvalue weighted by atomic mass is 10.1. The van der Waals surface area contributed by atoms with E-state index in [1.807, 2.05) is 50.3 Å². The lowest BCUT2D eigenvalue weighted by Crippen LogP contribution is -2.12. The van der Waals surface area contributed by atoms with Gasteiger partial charge in [0.1, 0.15) is 0 Å². The Kier molecular flexibility index (Phi) is 8.44. The topological polar surface area (TPSA) is 35.5 Å². The van der Waals surface area contributed by atoms with E-state index in [-0.39, 0.29) is 12.1 Å². The van der Waals surface area contributed by atoms with Crippen LogP contribution in [0.5, 0.6) is 0 Å². The van der Waals surface area contributed by atoms with Gasteiger partial charge in [-0.2, -0.15) is 0 Å². The Morgan fingerprint density at radius 1 is 1.24 bits per heavy atom. The average Bonchev–Trinajstić information content (AvgIpc) is 2.50. The van der Waals surface area contributed by atoms with Crippen LogP contribution < -0.4 is 0 Å². The third kappa shape index (κ3) is 7.09. The smallest absolute Gasteiger partial charge is 0.333 e. The summed E-state index contributed by atoms with van der Waals surface area (Å²) in [6, 6.07) is 10.0. The molecule has 1 aromatic carbocycles. The molecule has 1 rings (SSSR count). The van der Waals surface area contributed by atoms with Crippen molar-refractivity contribution in [3.05, 3.63) is 47.5 Å². The van der Waals surface area contributed by atoms with Crippen LogP contribution in [-0.4, -0.2) is 18.7 Å². The molecule has 0 aromatic heterocycles. The fourth-order valence-electron chi connectivity index (χ4n) is 1.98. The van der Waals surface area contributed by atoms with Crippen molar-refractivity contribution in [2.45, 2.75) is 52.7 Å². The van der Waals surface area contributed by atoms with Gasteiger partial charge < -0.3 is 9.47 Å².